The maximum Gasteiger partial charge on any atom is 0.307 e. The van der Waals surface area contributed by atoms with Crippen molar-refractivity contribution in [3.05, 3.63) is 0 Å². The molecule has 1 rings (SSSR count). The largest absolute Gasteiger partial charge is 0.481 e. The molecule has 0 bridgehead atoms. The number of ether oxygens (including phenoxy) is 1. The van der Waals surface area contributed by atoms with Crippen LogP contribution in [0.1, 0.15) is 33.6 Å². The normalized spacial score (nSPS) is 21.9. The second-order valence-corrected chi connectivity index (χ2v) is 7.31. The zero-order valence-corrected chi connectivity index (χ0v) is 13.1. The van der Waals surface area contributed by atoms with Crippen LogP contribution in [-0.4, -0.2) is 55.6 Å². The molecule has 1 heterocycles. The van der Waals surface area contributed by atoms with E-state index < -0.39 is 27.7 Å². The van der Waals surface area contributed by atoms with Gasteiger partial charge in [0.1, 0.15) is 0 Å². The third kappa shape index (κ3) is 5.01. The Morgan fingerprint density at radius 3 is 2.70 bits per heavy atom. The lowest BCUT2D eigenvalue weighted by Crippen LogP contribution is -2.50. The highest BCUT2D eigenvalue weighted by Crippen LogP contribution is 2.19. The van der Waals surface area contributed by atoms with Gasteiger partial charge in [-0.3, -0.25) is 4.79 Å². The fraction of sp³-hybridized carbons (Fsp3) is 0.917. The molecular weight excluding hydrogens is 284 g/mol. The first kappa shape index (κ1) is 17.4. The van der Waals surface area contributed by atoms with E-state index in [1.165, 1.54) is 4.31 Å². The van der Waals surface area contributed by atoms with Crippen LogP contribution in [0.15, 0.2) is 0 Å². The zero-order chi connectivity index (χ0) is 15.4. The van der Waals surface area contributed by atoms with E-state index in [-0.39, 0.29) is 13.1 Å². The maximum atomic E-state index is 12.2. The van der Waals surface area contributed by atoms with Crippen LogP contribution >= 0.6 is 0 Å². The first-order valence-corrected chi connectivity index (χ1v) is 8.23. The Morgan fingerprint density at radius 2 is 2.15 bits per heavy atom. The number of carboxylic acid groups (broad SMARTS) is 1. The van der Waals surface area contributed by atoms with Gasteiger partial charge in [-0.05, 0) is 33.6 Å². The number of nitrogens with zero attached hydrogens (tertiary/aromatic N) is 1. The first-order chi connectivity index (χ1) is 9.18. The van der Waals surface area contributed by atoms with Gasteiger partial charge in [-0.2, -0.15) is 17.4 Å². The summed E-state index contributed by atoms with van der Waals surface area (Å²) in [6.07, 6.45) is 1.08. The molecule has 0 amide bonds. The molecule has 0 aromatic heterocycles. The highest BCUT2D eigenvalue weighted by Gasteiger charge is 2.33. The van der Waals surface area contributed by atoms with Crippen molar-refractivity contribution in [3.63, 3.8) is 0 Å². The van der Waals surface area contributed by atoms with Gasteiger partial charge in [-0.1, -0.05) is 0 Å². The molecule has 0 spiro atoms. The van der Waals surface area contributed by atoms with E-state index in [0.29, 0.717) is 26.0 Å². The summed E-state index contributed by atoms with van der Waals surface area (Å²) in [6, 6.07) is 0. The lowest BCUT2D eigenvalue weighted by molar-refractivity contribution is -0.142. The van der Waals surface area contributed by atoms with Gasteiger partial charge in [0.05, 0.1) is 11.5 Å². The SMILES string of the molecule is CCOC(C)(C)CNS(=O)(=O)N1CCCC(C(=O)O)C1. The summed E-state index contributed by atoms with van der Waals surface area (Å²) in [5.41, 5.74) is -0.593. The summed E-state index contributed by atoms with van der Waals surface area (Å²) in [6.45, 7) is 6.48. The van der Waals surface area contributed by atoms with Crippen molar-refractivity contribution >= 4 is 16.2 Å². The average molecular weight is 308 g/mol. The number of nitrogens with one attached hydrogen (secondary N) is 1. The Bertz CT molecular complexity index is 435. The second kappa shape index (κ2) is 6.84. The van der Waals surface area contributed by atoms with Gasteiger partial charge in [-0.15, -0.1) is 0 Å². The number of piperidine rings is 1. The highest BCUT2D eigenvalue weighted by atomic mass is 32.2. The standard InChI is InChI=1S/C12H24N2O5S/c1-4-19-12(2,3)9-13-20(17,18)14-7-5-6-10(8-14)11(15)16/h10,13H,4-9H2,1-3H3,(H,15,16). The molecular formula is C12H24N2O5S. The number of aliphatic carboxylic acids is 1. The van der Waals surface area contributed by atoms with E-state index in [4.69, 9.17) is 9.84 Å². The Labute approximate surface area is 120 Å². The van der Waals surface area contributed by atoms with E-state index in [1.54, 1.807) is 13.8 Å². The van der Waals surface area contributed by atoms with Gasteiger partial charge in [-0.25, -0.2) is 0 Å². The summed E-state index contributed by atoms with van der Waals surface area (Å²) < 4.78 is 33.5. The minimum atomic E-state index is -3.66. The minimum Gasteiger partial charge on any atom is -0.481 e. The molecule has 8 heteroatoms. The third-order valence-corrected chi connectivity index (χ3v) is 4.81. The Balaban J connectivity index is 2.62. The van der Waals surface area contributed by atoms with Crippen molar-refractivity contribution in [2.75, 3.05) is 26.2 Å². The minimum absolute atomic E-state index is 0.0275. The molecule has 0 aromatic carbocycles. The molecule has 7 nitrogen and oxygen atoms in total. The van der Waals surface area contributed by atoms with Crippen LogP contribution in [0.3, 0.4) is 0 Å². The van der Waals surface area contributed by atoms with Crippen LogP contribution in [0.2, 0.25) is 0 Å². The lowest BCUT2D eigenvalue weighted by Gasteiger charge is -2.31. The van der Waals surface area contributed by atoms with Crippen molar-refractivity contribution in [1.29, 1.82) is 0 Å². The molecule has 1 saturated heterocycles. The van der Waals surface area contributed by atoms with Crippen LogP contribution in [0.5, 0.6) is 0 Å². The predicted octanol–water partition coefficient (Wildman–Crippen LogP) is 0.433. The monoisotopic (exact) mass is 308 g/mol. The fourth-order valence-electron chi connectivity index (χ4n) is 2.16. The first-order valence-electron chi connectivity index (χ1n) is 6.79. The van der Waals surface area contributed by atoms with Crippen molar-refractivity contribution in [1.82, 2.24) is 9.03 Å². The number of carboxylic acids is 1. The number of rotatable bonds is 7. The summed E-state index contributed by atoms with van der Waals surface area (Å²) in [7, 11) is -3.66. The number of carbonyl (C=O) groups is 1. The highest BCUT2D eigenvalue weighted by molar-refractivity contribution is 7.87. The van der Waals surface area contributed by atoms with Crippen LogP contribution in [0, 0.1) is 5.92 Å². The van der Waals surface area contributed by atoms with E-state index in [2.05, 4.69) is 4.72 Å². The molecule has 20 heavy (non-hydrogen) atoms. The Kier molecular flexibility index (Phi) is 5.93. The Hall–Kier alpha value is -0.700. The fourth-order valence-corrected chi connectivity index (χ4v) is 3.62. The maximum absolute atomic E-state index is 12.2. The van der Waals surface area contributed by atoms with Crippen LogP contribution in [0.4, 0.5) is 0 Å². The molecule has 0 radical (unpaired) electrons. The molecule has 0 aromatic rings. The van der Waals surface area contributed by atoms with E-state index >= 15 is 0 Å². The van der Waals surface area contributed by atoms with E-state index in [0.717, 1.165) is 0 Å². The molecule has 1 unspecified atom stereocenters. The van der Waals surface area contributed by atoms with Crippen molar-refractivity contribution in [3.8, 4) is 0 Å². The van der Waals surface area contributed by atoms with Crippen LogP contribution in [-0.2, 0) is 19.7 Å². The molecule has 1 fully saturated rings. The van der Waals surface area contributed by atoms with E-state index in [9.17, 15) is 13.2 Å². The summed E-state index contributed by atoms with van der Waals surface area (Å²) in [5, 5.41) is 8.99. The molecule has 2 N–H and O–H groups in total. The third-order valence-electron chi connectivity index (χ3n) is 3.29. The number of hydrogen-bond acceptors (Lipinski definition) is 4. The summed E-state index contributed by atoms with van der Waals surface area (Å²) in [5.74, 6) is -1.57. The molecule has 0 aliphatic carbocycles. The quantitative estimate of drug-likeness (QED) is 0.711. The molecule has 0 saturated carbocycles. The Morgan fingerprint density at radius 1 is 1.50 bits per heavy atom. The van der Waals surface area contributed by atoms with Crippen molar-refractivity contribution in [2.24, 2.45) is 5.92 Å². The van der Waals surface area contributed by atoms with Crippen LogP contribution < -0.4 is 4.72 Å². The topological polar surface area (TPSA) is 95.9 Å². The molecule has 118 valence electrons. The van der Waals surface area contributed by atoms with Gasteiger partial charge in [0.15, 0.2) is 0 Å². The second-order valence-electron chi connectivity index (χ2n) is 5.55. The van der Waals surface area contributed by atoms with Gasteiger partial charge in [0.2, 0.25) is 0 Å². The zero-order valence-electron chi connectivity index (χ0n) is 12.3. The average Bonchev–Trinajstić information content (AvgIpc) is 2.37. The smallest absolute Gasteiger partial charge is 0.307 e. The van der Waals surface area contributed by atoms with Gasteiger partial charge in [0, 0.05) is 26.2 Å². The van der Waals surface area contributed by atoms with Gasteiger partial charge < -0.3 is 9.84 Å². The van der Waals surface area contributed by atoms with E-state index in [1.807, 2.05) is 6.92 Å². The van der Waals surface area contributed by atoms with Crippen LogP contribution in [0.25, 0.3) is 0 Å². The molecule has 1 atom stereocenters. The molecule has 1 aliphatic rings. The lowest BCUT2D eigenvalue weighted by atomic mass is 10.0. The number of hydrogen-bond donors (Lipinski definition) is 2. The molecule has 1 aliphatic heterocycles. The predicted molar refractivity (Wildman–Crippen MR) is 74.6 cm³/mol. The summed E-state index contributed by atoms with van der Waals surface area (Å²) in [4.78, 5) is 11.0. The van der Waals surface area contributed by atoms with Crippen molar-refractivity contribution in [2.45, 2.75) is 39.2 Å². The van der Waals surface area contributed by atoms with Crippen molar-refractivity contribution < 1.29 is 23.1 Å². The van der Waals surface area contributed by atoms with Gasteiger partial charge >= 0.3 is 5.97 Å². The van der Waals surface area contributed by atoms with Gasteiger partial charge in [0.25, 0.3) is 10.2 Å². The summed E-state index contributed by atoms with van der Waals surface area (Å²) >= 11 is 0.